The summed E-state index contributed by atoms with van der Waals surface area (Å²) in [5.74, 6) is -3.52. The molecule has 12 nitrogen and oxygen atoms in total. The van der Waals surface area contributed by atoms with Crippen molar-refractivity contribution in [3.63, 3.8) is 0 Å². The van der Waals surface area contributed by atoms with Gasteiger partial charge in [-0.15, -0.1) is 0 Å². The van der Waals surface area contributed by atoms with Crippen molar-refractivity contribution in [1.29, 1.82) is 0 Å². The van der Waals surface area contributed by atoms with Crippen molar-refractivity contribution in [1.82, 2.24) is 10.2 Å². The zero-order valence-electron chi connectivity index (χ0n) is 21.8. The van der Waals surface area contributed by atoms with Gasteiger partial charge in [0.15, 0.2) is 18.5 Å². The Balaban J connectivity index is 1.42. The number of carbonyl (C=O) groups excluding carboxylic acids is 4. The second-order valence-electron chi connectivity index (χ2n) is 10.6. The minimum absolute atomic E-state index is 0.123. The summed E-state index contributed by atoms with van der Waals surface area (Å²) in [6.45, 7) is 3.03. The van der Waals surface area contributed by atoms with Crippen LogP contribution in [-0.2, 0) is 40.5 Å². The lowest BCUT2D eigenvalue weighted by Crippen LogP contribution is -2.74. The van der Waals surface area contributed by atoms with E-state index >= 15 is 0 Å². The van der Waals surface area contributed by atoms with E-state index in [1.807, 2.05) is 13.1 Å². The molecule has 39 heavy (non-hydrogen) atoms. The van der Waals surface area contributed by atoms with Gasteiger partial charge in [0, 0.05) is 24.9 Å². The molecule has 5 rings (SSSR count). The molecule has 2 aliphatic carbocycles. The highest BCUT2D eigenvalue weighted by Gasteiger charge is 2.71. The number of ether oxygens (including phenoxy) is 3. The maximum atomic E-state index is 13.0. The molecule has 1 fully saturated rings. The van der Waals surface area contributed by atoms with Crippen LogP contribution >= 0.6 is 0 Å². The third kappa shape index (κ3) is 4.00. The predicted molar refractivity (Wildman–Crippen MR) is 132 cm³/mol. The van der Waals surface area contributed by atoms with E-state index in [4.69, 9.17) is 14.2 Å². The van der Waals surface area contributed by atoms with Crippen LogP contribution in [0.15, 0.2) is 24.0 Å². The number of esters is 2. The van der Waals surface area contributed by atoms with Gasteiger partial charge in [0.2, 0.25) is 0 Å². The van der Waals surface area contributed by atoms with Gasteiger partial charge in [-0.25, -0.2) is 4.79 Å². The van der Waals surface area contributed by atoms with Crippen LogP contribution in [0.3, 0.4) is 0 Å². The van der Waals surface area contributed by atoms with Crippen LogP contribution in [0.25, 0.3) is 0 Å². The van der Waals surface area contributed by atoms with Crippen molar-refractivity contribution >= 4 is 30.1 Å². The van der Waals surface area contributed by atoms with Crippen molar-refractivity contribution < 1.29 is 48.4 Å². The molecule has 4 aliphatic rings. The van der Waals surface area contributed by atoms with Crippen LogP contribution in [0, 0.1) is 0 Å². The number of likely N-dealkylation sites (tertiary alicyclic amines) is 1. The highest BCUT2D eigenvalue weighted by Crippen LogP contribution is 2.64. The first-order valence-electron chi connectivity index (χ1n) is 12.7. The number of benzene rings is 1. The molecule has 0 saturated carbocycles. The third-order valence-electron chi connectivity index (χ3n) is 8.46. The number of carboxylic acid groups (broad SMARTS) is 1. The number of nitrogens with zero attached hydrogens (tertiary/aromatic N) is 1. The second-order valence-corrected chi connectivity index (χ2v) is 10.6. The Labute approximate surface area is 223 Å². The number of hydrogen-bond donors (Lipinski definition) is 3. The Bertz CT molecular complexity index is 1310. The second kappa shape index (κ2) is 9.45. The molecule has 0 aromatic heterocycles. The summed E-state index contributed by atoms with van der Waals surface area (Å²) in [4.78, 5) is 62.1. The number of amides is 1. The third-order valence-corrected chi connectivity index (χ3v) is 8.46. The van der Waals surface area contributed by atoms with Crippen molar-refractivity contribution in [2.75, 3.05) is 13.6 Å². The van der Waals surface area contributed by atoms with E-state index in [9.17, 15) is 34.2 Å². The summed E-state index contributed by atoms with van der Waals surface area (Å²) in [6, 6.07) is 1.70. The molecular weight excluding hydrogens is 512 g/mol. The Morgan fingerprint density at radius 2 is 2.05 bits per heavy atom. The topological polar surface area (TPSA) is 169 Å². The van der Waals surface area contributed by atoms with E-state index in [1.165, 1.54) is 6.92 Å². The van der Waals surface area contributed by atoms with Crippen molar-refractivity contribution in [3.05, 3.63) is 40.7 Å². The van der Waals surface area contributed by atoms with Crippen LogP contribution in [-0.4, -0.2) is 88.7 Å². The van der Waals surface area contributed by atoms with Gasteiger partial charge < -0.3 is 34.6 Å². The molecule has 1 aromatic carbocycles. The van der Waals surface area contributed by atoms with Crippen LogP contribution < -0.4 is 10.1 Å². The molecule has 2 heterocycles. The standard InChI is InChI=1S/C27H30N2O10/c1-13(37-14(2)31)24(33)28-17(25(34)35)11-20(32)38-18-6-7-27(36)19-10-15-4-5-16(12-30)22-21(15)26(27,23(18)39-22)8-9-29(19)3/h4-6,12-13,17,19,23,36H,7-11H2,1-3H3,(H,28,33)(H,34,35)/t13-,17-,19+,23?,26?,27+/m0/s1. The molecule has 1 aromatic rings. The fourth-order valence-corrected chi connectivity index (χ4v) is 6.70. The van der Waals surface area contributed by atoms with Gasteiger partial charge in [0.25, 0.3) is 5.91 Å². The lowest BCUT2D eigenvalue weighted by molar-refractivity contribution is -0.170. The van der Waals surface area contributed by atoms with Crippen molar-refractivity contribution in [3.8, 4) is 5.75 Å². The number of aldehydes is 1. The number of rotatable bonds is 8. The normalized spacial score (nSPS) is 29.6. The van der Waals surface area contributed by atoms with E-state index < -0.39 is 59.5 Å². The predicted octanol–water partition coefficient (Wildman–Crippen LogP) is 0.231. The molecule has 2 bridgehead atoms. The first-order chi connectivity index (χ1) is 18.4. The quantitative estimate of drug-likeness (QED) is 0.304. The number of likely N-dealkylation sites (N-methyl/N-ethyl adjacent to an activating group) is 1. The van der Waals surface area contributed by atoms with Gasteiger partial charge in [0.1, 0.15) is 17.6 Å². The summed E-state index contributed by atoms with van der Waals surface area (Å²) in [5, 5.41) is 23.9. The molecular formula is C27H30N2O10. The Kier molecular flexibility index (Phi) is 6.50. The molecule has 2 aliphatic heterocycles. The van der Waals surface area contributed by atoms with Crippen LogP contribution in [0.1, 0.15) is 54.6 Å². The van der Waals surface area contributed by atoms with Gasteiger partial charge >= 0.3 is 17.9 Å². The highest BCUT2D eigenvalue weighted by molar-refractivity contribution is 5.90. The van der Waals surface area contributed by atoms with Gasteiger partial charge in [-0.2, -0.15) is 0 Å². The lowest BCUT2D eigenvalue weighted by atomic mass is 9.50. The maximum absolute atomic E-state index is 13.0. The zero-order valence-corrected chi connectivity index (χ0v) is 21.8. The summed E-state index contributed by atoms with van der Waals surface area (Å²) < 4.78 is 16.7. The van der Waals surface area contributed by atoms with Crippen LogP contribution in [0.4, 0.5) is 0 Å². The minimum atomic E-state index is -1.64. The van der Waals surface area contributed by atoms with Crippen LogP contribution in [0.2, 0.25) is 0 Å². The number of hydrogen-bond acceptors (Lipinski definition) is 10. The molecule has 0 radical (unpaired) electrons. The average molecular weight is 543 g/mol. The Hall–Kier alpha value is -3.77. The first-order valence-corrected chi connectivity index (χ1v) is 12.7. The number of carboxylic acids is 1. The molecule has 6 atom stereocenters. The number of aliphatic carboxylic acids is 1. The molecule has 1 spiro atoms. The number of carbonyl (C=O) groups is 5. The first kappa shape index (κ1) is 26.8. The summed E-state index contributed by atoms with van der Waals surface area (Å²) >= 11 is 0. The van der Waals surface area contributed by atoms with Crippen LogP contribution in [0.5, 0.6) is 5.75 Å². The van der Waals surface area contributed by atoms with E-state index in [2.05, 4.69) is 10.2 Å². The highest BCUT2D eigenvalue weighted by atomic mass is 16.6. The molecule has 1 amide bonds. The SMILES string of the molecule is CC(=O)O[C@@H](C)C(=O)N[C@@H](CC(=O)OC1=CC[C@@]2(O)[C@H]3Cc4ccc(C=O)c5c4C2(CCN3C)C1O5)C(=O)O. The Morgan fingerprint density at radius 3 is 2.72 bits per heavy atom. The molecule has 2 unspecified atom stereocenters. The Morgan fingerprint density at radius 1 is 1.31 bits per heavy atom. The zero-order chi connectivity index (χ0) is 28.3. The molecule has 1 saturated heterocycles. The lowest BCUT2D eigenvalue weighted by Gasteiger charge is -2.61. The number of piperidine rings is 1. The number of aliphatic hydroxyl groups is 1. The molecule has 3 N–H and O–H groups in total. The minimum Gasteiger partial charge on any atom is -0.480 e. The van der Waals surface area contributed by atoms with E-state index in [1.54, 1.807) is 12.1 Å². The van der Waals surface area contributed by atoms with Gasteiger partial charge in [0.05, 0.1) is 23.0 Å². The fourth-order valence-electron chi connectivity index (χ4n) is 6.70. The van der Waals surface area contributed by atoms with E-state index in [-0.39, 0.29) is 18.2 Å². The molecule has 208 valence electrons. The van der Waals surface area contributed by atoms with Gasteiger partial charge in [-0.1, -0.05) is 6.07 Å². The van der Waals surface area contributed by atoms with Gasteiger partial charge in [-0.3, -0.25) is 19.2 Å². The average Bonchev–Trinajstić information content (AvgIpc) is 3.22. The van der Waals surface area contributed by atoms with Gasteiger partial charge in [-0.05, 0) is 51.1 Å². The van der Waals surface area contributed by atoms with E-state index in [0.717, 1.165) is 18.1 Å². The van der Waals surface area contributed by atoms with E-state index in [0.29, 0.717) is 37.0 Å². The summed E-state index contributed by atoms with van der Waals surface area (Å²) in [6.07, 6.45) is 0.618. The monoisotopic (exact) mass is 542 g/mol. The number of nitrogens with one attached hydrogen (secondary N) is 1. The molecule has 12 heteroatoms. The largest absolute Gasteiger partial charge is 0.480 e. The summed E-state index contributed by atoms with van der Waals surface area (Å²) in [7, 11) is 1.95. The summed E-state index contributed by atoms with van der Waals surface area (Å²) in [5.41, 5.74) is -0.150. The maximum Gasteiger partial charge on any atom is 0.326 e. The van der Waals surface area contributed by atoms with Crippen molar-refractivity contribution in [2.45, 2.75) is 74.8 Å². The smallest absolute Gasteiger partial charge is 0.326 e. The fraction of sp³-hybridized carbons (Fsp3) is 0.519. The van der Waals surface area contributed by atoms with Crippen molar-refractivity contribution in [2.24, 2.45) is 0 Å².